The fraction of sp³-hybridized carbons (Fsp3) is 0.667. The van der Waals surface area contributed by atoms with Crippen LogP contribution in [0.4, 0.5) is 0 Å². The van der Waals surface area contributed by atoms with E-state index in [2.05, 4.69) is 41.8 Å². The maximum atomic E-state index is 12.3. The molecule has 0 saturated heterocycles. The number of hydrogen-bond donors (Lipinski definition) is 4. The summed E-state index contributed by atoms with van der Waals surface area (Å²) in [7, 11) is -1.39. The van der Waals surface area contributed by atoms with Gasteiger partial charge in [-0.15, -0.1) is 0 Å². The zero-order valence-electron chi connectivity index (χ0n) is 21.8. The Labute approximate surface area is 217 Å². The Bertz CT molecular complexity index is 762. The van der Waals surface area contributed by atoms with E-state index >= 15 is 0 Å². The van der Waals surface area contributed by atoms with Gasteiger partial charge in [-0.25, -0.2) is 8.42 Å². The van der Waals surface area contributed by atoms with Gasteiger partial charge in [-0.1, -0.05) is 63.9 Å². The molecular formula is C24H45N3O6S2. The Kier molecular flexibility index (Phi) is 23.1. The maximum absolute atomic E-state index is 12.3. The second-order valence-electron chi connectivity index (χ2n) is 7.70. The van der Waals surface area contributed by atoms with Gasteiger partial charge in [-0.3, -0.25) is 9.59 Å². The van der Waals surface area contributed by atoms with Gasteiger partial charge < -0.3 is 25.8 Å². The van der Waals surface area contributed by atoms with E-state index < -0.39 is 21.9 Å². The fourth-order valence-corrected chi connectivity index (χ4v) is 2.16. The zero-order valence-corrected chi connectivity index (χ0v) is 23.5. The molecular weight excluding hydrogens is 490 g/mol. The van der Waals surface area contributed by atoms with E-state index in [1.165, 1.54) is 26.2 Å². The summed E-state index contributed by atoms with van der Waals surface area (Å²) in [5.41, 5.74) is 6.74. The van der Waals surface area contributed by atoms with Crippen LogP contribution in [0.5, 0.6) is 0 Å². The molecule has 1 rings (SSSR count). The predicted octanol–water partition coefficient (Wildman–Crippen LogP) is 1.61. The number of benzene rings is 1. The highest BCUT2D eigenvalue weighted by atomic mass is 32.2. The summed E-state index contributed by atoms with van der Waals surface area (Å²) in [6.07, 6.45) is 3.59. The first-order chi connectivity index (χ1) is 16.5. The molecule has 0 radical (unpaired) electrons. The van der Waals surface area contributed by atoms with Crippen molar-refractivity contribution in [1.82, 2.24) is 10.6 Å². The molecule has 0 aliphatic carbocycles. The van der Waals surface area contributed by atoms with Gasteiger partial charge in [-0.2, -0.15) is 12.6 Å². The number of amides is 1. The number of ether oxygens (including phenoxy) is 2. The fourth-order valence-electron chi connectivity index (χ4n) is 2.03. The summed E-state index contributed by atoms with van der Waals surface area (Å²) in [6.45, 7) is 7.35. The van der Waals surface area contributed by atoms with E-state index in [0.717, 1.165) is 5.56 Å². The Balaban J connectivity index is 0. The molecule has 2 atom stereocenters. The van der Waals surface area contributed by atoms with Crippen molar-refractivity contribution in [1.29, 1.82) is 0 Å². The van der Waals surface area contributed by atoms with Gasteiger partial charge in [0.15, 0.2) is 0 Å². The summed E-state index contributed by atoms with van der Waals surface area (Å²) in [6, 6.07) is 9.54. The van der Waals surface area contributed by atoms with E-state index in [1.54, 1.807) is 6.92 Å². The van der Waals surface area contributed by atoms with Crippen molar-refractivity contribution in [2.75, 3.05) is 51.1 Å². The minimum absolute atomic E-state index is 0.0215. The predicted molar refractivity (Wildman–Crippen MR) is 146 cm³/mol. The highest BCUT2D eigenvalue weighted by Crippen LogP contribution is 2.06. The molecule has 9 nitrogen and oxygen atoms in total. The maximum Gasteiger partial charge on any atom is 0.325 e. The molecule has 0 spiro atoms. The number of nitrogens with one attached hydrogen (secondary N) is 2. The largest absolute Gasteiger partial charge is 0.468 e. The van der Waals surface area contributed by atoms with Gasteiger partial charge in [0.25, 0.3) is 0 Å². The van der Waals surface area contributed by atoms with Crippen LogP contribution in [0.15, 0.2) is 30.3 Å². The lowest BCUT2D eigenvalue weighted by molar-refractivity contribution is -0.143. The molecule has 2 unspecified atom stereocenters. The second-order valence-corrected chi connectivity index (χ2v) is 10.5. The quantitative estimate of drug-likeness (QED) is 0.160. The first kappa shape index (κ1) is 35.5. The molecule has 0 aliphatic rings. The number of methoxy groups -OCH3 is 1. The summed E-state index contributed by atoms with van der Waals surface area (Å²) >= 11 is 4.12. The van der Waals surface area contributed by atoms with Crippen LogP contribution >= 0.6 is 12.6 Å². The van der Waals surface area contributed by atoms with Crippen molar-refractivity contribution in [2.24, 2.45) is 5.73 Å². The average Bonchev–Trinajstić information content (AvgIpc) is 2.86. The highest BCUT2D eigenvalue weighted by molar-refractivity contribution is 7.90. The lowest BCUT2D eigenvalue weighted by Crippen LogP contribution is -2.42. The lowest BCUT2D eigenvalue weighted by Gasteiger charge is -2.18. The summed E-state index contributed by atoms with van der Waals surface area (Å²) in [4.78, 5) is 23.5. The third kappa shape index (κ3) is 23.8. The van der Waals surface area contributed by atoms with Crippen LogP contribution < -0.4 is 16.4 Å². The lowest BCUT2D eigenvalue weighted by atomic mass is 10.1. The molecule has 0 aromatic heterocycles. The normalized spacial score (nSPS) is 12.2. The number of hydrogen-bond acceptors (Lipinski definition) is 9. The molecule has 35 heavy (non-hydrogen) atoms. The Morgan fingerprint density at radius 2 is 1.69 bits per heavy atom. The molecule has 0 saturated carbocycles. The zero-order chi connectivity index (χ0) is 27.1. The molecule has 0 heterocycles. The third-order valence-electron chi connectivity index (χ3n) is 4.45. The Morgan fingerprint density at radius 3 is 2.14 bits per heavy atom. The van der Waals surface area contributed by atoms with Crippen LogP contribution in [-0.2, 0) is 35.3 Å². The van der Waals surface area contributed by atoms with Gasteiger partial charge in [0.05, 0.1) is 13.7 Å². The monoisotopic (exact) mass is 535 g/mol. The summed E-state index contributed by atoms with van der Waals surface area (Å²) in [5.74, 6) is -0.0107. The third-order valence-corrected chi connectivity index (χ3v) is 5.97. The van der Waals surface area contributed by atoms with Crippen LogP contribution in [0.1, 0.15) is 39.2 Å². The topological polar surface area (TPSA) is 137 Å². The van der Waals surface area contributed by atoms with E-state index in [9.17, 15) is 18.0 Å². The first-order valence-corrected chi connectivity index (χ1v) is 14.5. The van der Waals surface area contributed by atoms with Crippen molar-refractivity contribution in [3.8, 4) is 0 Å². The molecule has 1 aromatic carbocycles. The van der Waals surface area contributed by atoms with Gasteiger partial charge in [-0.05, 0) is 5.56 Å². The first-order valence-electron chi connectivity index (χ1n) is 11.8. The van der Waals surface area contributed by atoms with Gasteiger partial charge in [0.1, 0.15) is 22.5 Å². The Morgan fingerprint density at radius 1 is 1.11 bits per heavy atom. The van der Waals surface area contributed by atoms with E-state index in [1.807, 2.05) is 30.3 Å². The molecule has 1 amide bonds. The molecule has 1 aromatic rings. The summed E-state index contributed by atoms with van der Waals surface area (Å²) < 4.78 is 30.2. The smallest absolute Gasteiger partial charge is 0.325 e. The van der Waals surface area contributed by atoms with Crippen molar-refractivity contribution < 1.29 is 27.5 Å². The van der Waals surface area contributed by atoms with Crippen molar-refractivity contribution in [3.05, 3.63) is 35.9 Å². The number of unbranched alkanes of at least 4 members (excludes halogenated alkanes) is 1. The Hall–Kier alpha value is -1.66. The molecule has 11 heteroatoms. The number of nitrogens with two attached hydrogens (primary N) is 1. The summed E-state index contributed by atoms with van der Waals surface area (Å²) in [5, 5.41) is 5.68. The second kappa shape index (κ2) is 22.8. The SMILES string of the molecule is CCCC.CCS(C)(=O)=O.COC(=O)CNC(=O)C(Cc1ccccc1)OCCNCC(N)CS. The van der Waals surface area contributed by atoms with Crippen LogP contribution in [0.3, 0.4) is 0 Å². The van der Waals surface area contributed by atoms with Crippen molar-refractivity contribution >= 4 is 34.3 Å². The minimum atomic E-state index is -2.66. The standard InChI is InChI=1S/C17H27N3O4S.C4H10.C3H8O2S/c1-23-16(21)11-20-17(22)15(9-13-5-3-2-4-6-13)24-8-7-19-10-14(18)12-25;1-3-4-2;1-3-6(2,4)5/h2-6,14-15,19,25H,7-12,18H2,1H3,(H,20,22);3-4H2,1-2H3;3H2,1-2H3. The number of thiol groups is 1. The molecule has 204 valence electrons. The van der Waals surface area contributed by atoms with Crippen LogP contribution in [0.25, 0.3) is 0 Å². The van der Waals surface area contributed by atoms with Gasteiger partial charge >= 0.3 is 5.97 Å². The van der Waals surface area contributed by atoms with Gasteiger partial charge in [0, 0.05) is 43.3 Å². The van der Waals surface area contributed by atoms with Crippen LogP contribution in [-0.4, -0.2) is 83.6 Å². The number of rotatable bonds is 14. The highest BCUT2D eigenvalue weighted by Gasteiger charge is 2.20. The van der Waals surface area contributed by atoms with E-state index in [-0.39, 0.29) is 24.2 Å². The molecule has 0 bridgehead atoms. The van der Waals surface area contributed by atoms with Gasteiger partial charge in [0.2, 0.25) is 5.91 Å². The number of carbonyl (C=O) groups is 2. The minimum Gasteiger partial charge on any atom is -0.468 e. The van der Waals surface area contributed by atoms with Crippen LogP contribution in [0, 0.1) is 0 Å². The van der Waals surface area contributed by atoms with Crippen molar-refractivity contribution in [3.63, 3.8) is 0 Å². The van der Waals surface area contributed by atoms with E-state index in [0.29, 0.717) is 31.9 Å². The molecule has 0 aliphatic heterocycles. The van der Waals surface area contributed by atoms with Crippen molar-refractivity contribution in [2.45, 2.75) is 52.2 Å². The van der Waals surface area contributed by atoms with Crippen LogP contribution in [0.2, 0.25) is 0 Å². The molecule has 4 N–H and O–H groups in total. The number of esters is 1. The van der Waals surface area contributed by atoms with E-state index in [4.69, 9.17) is 10.5 Å². The number of carbonyl (C=O) groups excluding carboxylic acids is 2. The number of sulfone groups is 1. The molecule has 0 fully saturated rings. The average molecular weight is 536 g/mol.